The zero-order valence-electron chi connectivity index (χ0n) is 16.9. The second-order valence-electron chi connectivity index (χ2n) is 8.11. The molecule has 1 aromatic carbocycles. The molecule has 6 nitrogen and oxygen atoms in total. The van der Waals surface area contributed by atoms with Gasteiger partial charge in [-0.2, -0.15) is 5.26 Å². The standard InChI is InChI=1S/C23H29N5O/c24-17-19-16-22(20-6-1-2-7-21(20)26-19)28-14-8-18(9-15-28)23(29)25-10-5-13-27-11-3-4-12-27/h1-2,6-7,16,18H,3-5,8-15H2,(H,25,29). The average molecular weight is 392 g/mol. The van der Waals surface area contributed by atoms with Crippen LogP contribution in [0.1, 0.15) is 37.8 Å². The summed E-state index contributed by atoms with van der Waals surface area (Å²) >= 11 is 0. The maximum absolute atomic E-state index is 12.6. The van der Waals surface area contributed by atoms with E-state index < -0.39 is 0 Å². The number of carbonyl (C=O) groups is 1. The van der Waals surface area contributed by atoms with E-state index in [4.69, 9.17) is 0 Å². The number of benzene rings is 1. The molecule has 3 heterocycles. The van der Waals surface area contributed by atoms with Crippen molar-refractivity contribution in [1.29, 1.82) is 5.26 Å². The van der Waals surface area contributed by atoms with Crippen LogP contribution in [-0.4, -0.2) is 55.1 Å². The predicted octanol–water partition coefficient (Wildman–Crippen LogP) is 2.92. The Kier molecular flexibility index (Phi) is 6.26. The number of para-hydroxylation sites is 1. The molecule has 1 amide bonds. The van der Waals surface area contributed by atoms with Crippen molar-refractivity contribution in [2.24, 2.45) is 5.92 Å². The fourth-order valence-corrected chi connectivity index (χ4v) is 4.52. The Hall–Kier alpha value is -2.65. The van der Waals surface area contributed by atoms with Crippen LogP contribution in [0.15, 0.2) is 30.3 Å². The maximum Gasteiger partial charge on any atom is 0.223 e. The number of nitriles is 1. The fraction of sp³-hybridized carbons (Fsp3) is 0.522. The molecule has 0 radical (unpaired) electrons. The molecule has 0 saturated carbocycles. The van der Waals surface area contributed by atoms with E-state index in [-0.39, 0.29) is 11.8 Å². The second kappa shape index (κ2) is 9.23. The molecule has 1 N–H and O–H groups in total. The molecule has 2 saturated heterocycles. The van der Waals surface area contributed by atoms with Crippen molar-refractivity contribution in [3.05, 3.63) is 36.0 Å². The Bertz CT molecular complexity index is 892. The normalized spacial score (nSPS) is 18.1. The minimum atomic E-state index is 0.0848. The van der Waals surface area contributed by atoms with E-state index in [1.54, 1.807) is 0 Å². The molecule has 0 spiro atoms. The van der Waals surface area contributed by atoms with Crippen molar-refractivity contribution in [2.45, 2.75) is 32.1 Å². The van der Waals surface area contributed by atoms with Gasteiger partial charge in [0.1, 0.15) is 11.8 Å². The summed E-state index contributed by atoms with van der Waals surface area (Å²) in [6.45, 7) is 5.94. The number of amides is 1. The van der Waals surface area contributed by atoms with E-state index in [0.717, 1.165) is 62.0 Å². The van der Waals surface area contributed by atoms with Crippen LogP contribution in [0.4, 0.5) is 5.69 Å². The quantitative estimate of drug-likeness (QED) is 0.767. The minimum Gasteiger partial charge on any atom is -0.371 e. The Morgan fingerprint density at radius 3 is 2.69 bits per heavy atom. The number of carbonyl (C=O) groups excluding carboxylic acids is 1. The number of aromatic nitrogens is 1. The largest absolute Gasteiger partial charge is 0.371 e. The first-order chi connectivity index (χ1) is 14.2. The molecule has 0 aliphatic carbocycles. The van der Waals surface area contributed by atoms with E-state index in [9.17, 15) is 10.1 Å². The summed E-state index contributed by atoms with van der Waals surface area (Å²) in [6, 6.07) is 12.0. The van der Waals surface area contributed by atoms with E-state index in [1.165, 1.54) is 25.9 Å². The molecule has 152 valence electrons. The van der Waals surface area contributed by atoms with Crippen LogP contribution in [0.3, 0.4) is 0 Å². The number of rotatable bonds is 6. The molecule has 4 rings (SSSR count). The number of likely N-dealkylation sites (tertiary alicyclic amines) is 1. The summed E-state index contributed by atoms with van der Waals surface area (Å²) in [5, 5.41) is 13.5. The first-order valence-corrected chi connectivity index (χ1v) is 10.8. The van der Waals surface area contributed by atoms with E-state index >= 15 is 0 Å². The lowest BCUT2D eigenvalue weighted by atomic mass is 9.95. The number of hydrogen-bond acceptors (Lipinski definition) is 5. The van der Waals surface area contributed by atoms with E-state index in [0.29, 0.717) is 5.69 Å². The molecular weight excluding hydrogens is 362 g/mol. The van der Waals surface area contributed by atoms with Gasteiger partial charge in [0.15, 0.2) is 0 Å². The second-order valence-corrected chi connectivity index (χ2v) is 8.11. The number of hydrogen-bond donors (Lipinski definition) is 1. The van der Waals surface area contributed by atoms with E-state index in [2.05, 4.69) is 32.2 Å². The molecule has 29 heavy (non-hydrogen) atoms. The van der Waals surface area contributed by atoms with Crippen LogP contribution < -0.4 is 10.2 Å². The molecular formula is C23H29N5O. The molecule has 2 aliphatic heterocycles. The number of pyridine rings is 1. The highest BCUT2D eigenvalue weighted by Gasteiger charge is 2.26. The lowest BCUT2D eigenvalue weighted by Crippen LogP contribution is -2.41. The third kappa shape index (κ3) is 4.68. The summed E-state index contributed by atoms with van der Waals surface area (Å²) in [4.78, 5) is 21.7. The van der Waals surface area contributed by atoms with Gasteiger partial charge >= 0.3 is 0 Å². The van der Waals surface area contributed by atoms with Crippen LogP contribution in [0, 0.1) is 17.2 Å². The third-order valence-corrected chi connectivity index (χ3v) is 6.16. The van der Waals surface area contributed by atoms with Crippen molar-refractivity contribution < 1.29 is 4.79 Å². The average Bonchev–Trinajstić information content (AvgIpc) is 3.29. The molecule has 0 atom stereocenters. The minimum absolute atomic E-state index is 0.0848. The van der Waals surface area contributed by atoms with Gasteiger partial charge in [0.05, 0.1) is 5.52 Å². The van der Waals surface area contributed by atoms with Crippen LogP contribution in [-0.2, 0) is 4.79 Å². The van der Waals surface area contributed by atoms with Crippen molar-refractivity contribution in [1.82, 2.24) is 15.2 Å². The van der Waals surface area contributed by atoms with Gasteiger partial charge in [-0.05, 0) is 63.9 Å². The number of piperidine rings is 1. The smallest absolute Gasteiger partial charge is 0.223 e. The van der Waals surface area contributed by atoms with Crippen LogP contribution in [0.25, 0.3) is 10.9 Å². The van der Waals surface area contributed by atoms with Crippen LogP contribution >= 0.6 is 0 Å². The van der Waals surface area contributed by atoms with E-state index in [1.807, 2.05) is 24.3 Å². The number of nitrogens with zero attached hydrogens (tertiary/aromatic N) is 4. The topological polar surface area (TPSA) is 72.3 Å². The predicted molar refractivity (Wildman–Crippen MR) is 115 cm³/mol. The van der Waals surface area contributed by atoms with Gasteiger partial charge in [0, 0.05) is 36.6 Å². The SMILES string of the molecule is N#Cc1cc(N2CCC(C(=O)NCCCN3CCCC3)CC2)c2ccccc2n1. The summed E-state index contributed by atoms with van der Waals surface area (Å²) in [6.07, 6.45) is 5.35. The lowest BCUT2D eigenvalue weighted by molar-refractivity contribution is -0.125. The highest BCUT2D eigenvalue weighted by Crippen LogP contribution is 2.30. The van der Waals surface area contributed by atoms with Gasteiger partial charge in [-0.1, -0.05) is 18.2 Å². The van der Waals surface area contributed by atoms with Crippen molar-refractivity contribution >= 4 is 22.5 Å². The first-order valence-electron chi connectivity index (χ1n) is 10.8. The van der Waals surface area contributed by atoms with Crippen LogP contribution in [0.5, 0.6) is 0 Å². The third-order valence-electron chi connectivity index (χ3n) is 6.16. The van der Waals surface area contributed by atoms with Crippen molar-refractivity contribution in [3.63, 3.8) is 0 Å². The zero-order valence-corrected chi connectivity index (χ0v) is 16.9. The van der Waals surface area contributed by atoms with Gasteiger partial charge in [0.25, 0.3) is 0 Å². The fourth-order valence-electron chi connectivity index (χ4n) is 4.52. The maximum atomic E-state index is 12.6. The first kappa shape index (κ1) is 19.7. The lowest BCUT2D eigenvalue weighted by Gasteiger charge is -2.33. The number of nitrogens with one attached hydrogen (secondary N) is 1. The number of fused-ring (bicyclic) bond motifs is 1. The van der Waals surface area contributed by atoms with Gasteiger partial charge in [-0.25, -0.2) is 4.98 Å². The highest BCUT2D eigenvalue weighted by molar-refractivity contribution is 5.92. The molecule has 0 bridgehead atoms. The van der Waals surface area contributed by atoms with Crippen molar-refractivity contribution in [2.75, 3.05) is 44.2 Å². The summed E-state index contributed by atoms with van der Waals surface area (Å²) < 4.78 is 0. The van der Waals surface area contributed by atoms with Gasteiger partial charge in [-0.3, -0.25) is 4.79 Å². The van der Waals surface area contributed by atoms with Crippen LogP contribution in [0.2, 0.25) is 0 Å². The summed E-state index contributed by atoms with van der Waals surface area (Å²) in [7, 11) is 0. The monoisotopic (exact) mass is 391 g/mol. The number of anilines is 1. The molecule has 1 aromatic heterocycles. The van der Waals surface area contributed by atoms with Gasteiger partial charge in [-0.15, -0.1) is 0 Å². The zero-order chi connectivity index (χ0) is 20.1. The molecule has 2 aliphatic rings. The Labute approximate surface area is 172 Å². The summed E-state index contributed by atoms with van der Waals surface area (Å²) in [5.74, 6) is 0.282. The summed E-state index contributed by atoms with van der Waals surface area (Å²) in [5.41, 5.74) is 2.34. The Morgan fingerprint density at radius 1 is 1.17 bits per heavy atom. The molecule has 2 fully saturated rings. The Balaban J connectivity index is 1.31. The highest BCUT2D eigenvalue weighted by atomic mass is 16.1. The molecule has 2 aromatic rings. The van der Waals surface area contributed by atoms with Crippen molar-refractivity contribution in [3.8, 4) is 6.07 Å². The molecule has 6 heteroatoms. The molecule has 0 unspecified atom stereocenters. The Morgan fingerprint density at radius 2 is 1.93 bits per heavy atom. The van der Waals surface area contributed by atoms with Gasteiger partial charge < -0.3 is 15.1 Å². The van der Waals surface area contributed by atoms with Gasteiger partial charge in [0.2, 0.25) is 5.91 Å².